The zero-order valence-electron chi connectivity index (χ0n) is 13.0. The molecule has 9 heteroatoms. The van der Waals surface area contributed by atoms with Crippen LogP contribution in [0.1, 0.15) is 16.1 Å². The average Bonchev–Trinajstić information content (AvgIpc) is 2.95. The van der Waals surface area contributed by atoms with Gasteiger partial charge < -0.3 is 5.32 Å². The number of carbonyl (C=O) groups is 1. The molecule has 2 aromatic heterocycles. The molecule has 1 aromatic carbocycles. The number of carbonyl (C=O) groups excluding carboxylic acids is 1. The zero-order valence-corrected chi connectivity index (χ0v) is 14.6. The topological polar surface area (TPSA) is 103 Å². The maximum absolute atomic E-state index is 12.4. The summed E-state index contributed by atoms with van der Waals surface area (Å²) in [5.41, 5.74) is 1.67. The van der Waals surface area contributed by atoms with E-state index in [-0.39, 0.29) is 11.6 Å². The fraction of sp³-hybridized carbons (Fsp3) is 0.0625. The van der Waals surface area contributed by atoms with Crippen LogP contribution in [0.4, 0.5) is 11.5 Å². The Balaban J connectivity index is 1.90. The molecule has 1 N–H and O–H groups in total. The summed E-state index contributed by atoms with van der Waals surface area (Å²) in [7, 11) is 0. The number of pyridine rings is 1. The van der Waals surface area contributed by atoms with Crippen LogP contribution in [0.5, 0.6) is 0 Å². The van der Waals surface area contributed by atoms with E-state index < -0.39 is 4.92 Å². The molecule has 0 saturated heterocycles. The van der Waals surface area contributed by atoms with Gasteiger partial charge in [0, 0.05) is 35.1 Å². The number of hydrogen-bond donors (Lipinski definition) is 1. The Morgan fingerprint density at radius 3 is 2.60 bits per heavy atom. The van der Waals surface area contributed by atoms with Crippen LogP contribution in [0.3, 0.4) is 0 Å². The minimum Gasteiger partial charge on any atom is -0.306 e. The highest BCUT2D eigenvalue weighted by atomic mass is 79.9. The predicted octanol–water partition coefficient (Wildman–Crippen LogP) is 3.50. The van der Waals surface area contributed by atoms with Gasteiger partial charge >= 0.3 is 0 Å². The third-order valence-corrected chi connectivity index (χ3v) is 3.78. The molecule has 2 heterocycles. The first kappa shape index (κ1) is 16.8. The number of non-ortho nitro benzene ring substituents is 1. The SMILES string of the molecule is Cc1cc(NC(=O)c2cncc(Br)c2)n(-c2ccc([N+](=O)[O-])cc2)n1. The number of aromatic nitrogens is 3. The smallest absolute Gasteiger partial charge is 0.269 e. The van der Waals surface area contributed by atoms with Crippen LogP contribution in [-0.4, -0.2) is 25.6 Å². The Hall–Kier alpha value is -3.07. The second-order valence-electron chi connectivity index (χ2n) is 5.20. The molecule has 0 saturated carbocycles. The van der Waals surface area contributed by atoms with Crippen molar-refractivity contribution in [1.82, 2.24) is 14.8 Å². The Kier molecular flexibility index (Phi) is 4.57. The van der Waals surface area contributed by atoms with E-state index >= 15 is 0 Å². The van der Waals surface area contributed by atoms with Gasteiger partial charge in [-0.15, -0.1) is 0 Å². The summed E-state index contributed by atoms with van der Waals surface area (Å²) in [4.78, 5) is 26.7. The van der Waals surface area contributed by atoms with Gasteiger partial charge in [0.2, 0.25) is 0 Å². The molecule has 0 aliphatic carbocycles. The van der Waals surface area contributed by atoms with E-state index in [1.807, 2.05) is 0 Å². The molecule has 0 atom stereocenters. The molecular formula is C16H12BrN5O3. The lowest BCUT2D eigenvalue weighted by Crippen LogP contribution is -2.15. The van der Waals surface area contributed by atoms with Gasteiger partial charge in [-0.1, -0.05) is 0 Å². The summed E-state index contributed by atoms with van der Waals surface area (Å²) in [6.45, 7) is 1.79. The van der Waals surface area contributed by atoms with E-state index in [0.29, 0.717) is 27.2 Å². The number of nitro benzene ring substituents is 1. The molecule has 0 radical (unpaired) electrons. The first-order chi connectivity index (χ1) is 11.9. The predicted molar refractivity (Wildman–Crippen MR) is 94.8 cm³/mol. The maximum Gasteiger partial charge on any atom is 0.269 e. The fourth-order valence-electron chi connectivity index (χ4n) is 2.23. The molecule has 0 bridgehead atoms. The van der Waals surface area contributed by atoms with E-state index in [0.717, 1.165) is 0 Å². The van der Waals surface area contributed by atoms with Crippen molar-refractivity contribution in [2.24, 2.45) is 0 Å². The monoisotopic (exact) mass is 401 g/mol. The third kappa shape index (κ3) is 3.72. The van der Waals surface area contributed by atoms with Gasteiger partial charge in [0.15, 0.2) is 0 Å². The largest absolute Gasteiger partial charge is 0.306 e. The molecule has 3 aromatic rings. The highest BCUT2D eigenvalue weighted by Gasteiger charge is 2.14. The Morgan fingerprint density at radius 1 is 1.24 bits per heavy atom. The van der Waals surface area contributed by atoms with Crippen molar-refractivity contribution in [3.63, 3.8) is 0 Å². The highest BCUT2D eigenvalue weighted by Crippen LogP contribution is 2.21. The molecule has 1 amide bonds. The normalized spacial score (nSPS) is 10.5. The van der Waals surface area contributed by atoms with Gasteiger partial charge in [-0.2, -0.15) is 5.10 Å². The summed E-state index contributed by atoms with van der Waals surface area (Å²) in [5.74, 6) is 0.119. The number of rotatable bonds is 4. The molecule has 0 unspecified atom stereocenters. The molecule has 3 rings (SSSR count). The number of hydrogen-bond acceptors (Lipinski definition) is 5. The molecule has 0 spiro atoms. The van der Waals surface area contributed by atoms with Gasteiger partial charge in [0.05, 0.1) is 21.9 Å². The van der Waals surface area contributed by atoms with Crippen molar-refractivity contribution in [3.8, 4) is 5.69 Å². The van der Waals surface area contributed by atoms with Gasteiger partial charge in [0.25, 0.3) is 11.6 Å². The molecule has 126 valence electrons. The van der Waals surface area contributed by atoms with Crippen LogP contribution in [0.25, 0.3) is 5.69 Å². The molecule has 8 nitrogen and oxygen atoms in total. The Morgan fingerprint density at radius 2 is 1.96 bits per heavy atom. The second kappa shape index (κ2) is 6.81. The van der Waals surface area contributed by atoms with Crippen molar-refractivity contribution in [2.75, 3.05) is 5.32 Å². The van der Waals surface area contributed by atoms with Crippen LogP contribution in [0, 0.1) is 17.0 Å². The summed E-state index contributed by atoms with van der Waals surface area (Å²) in [6, 6.07) is 9.28. The number of halogens is 1. The van der Waals surface area contributed by atoms with Gasteiger partial charge in [-0.3, -0.25) is 19.9 Å². The average molecular weight is 402 g/mol. The van der Waals surface area contributed by atoms with Crippen LogP contribution < -0.4 is 5.32 Å². The Bertz CT molecular complexity index is 953. The quantitative estimate of drug-likeness (QED) is 0.532. The standard InChI is InChI=1S/C16H12BrN5O3/c1-10-6-15(19-16(23)11-7-12(17)9-18-8-11)21(20-10)13-2-4-14(5-3-13)22(24)25/h2-9H,1H3,(H,19,23). The molecule has 25 heavy (non-hydrogen) atoms. The lowest BCUT2D eigenvalue weighted by atomic mass is 10.2. The fourth-order valence-corrected chi connectivity index (χ4v) is 2.59. The van der Waals surface area contributed by atoms with E-state index in [1.54, 1.807) is 37.4 Å². The van der Waals surface area contributed by atoms with Gasteiger partial charge in [-0.25, -0.2) is 4.68 Å². The van der Waals surface area contributed by atoms with Crippen molar-refractivity contribution >= 4 is 33.3 Å². The van der Waals surface area contributed by atoms with Crippen molar-refractivity contribution < 1.29 is 9.72 Å². The molecule has 0 aliphatic rings. The lowest BCUT2D eigenvalue weighted by molar-refractivity contribution is -0.384. The van der Waals surface area contributed by atoms with Crippen molar-refractivity contribution in [1.29, 1.82) is 0 Å². The highest BCUT2D eigenvalue weighted by molar-refractivity contribution is 9.10. The Labute approximate surface area is 150 Å². The summed E-state index contributed by atoms with van der Waals surface area (Å²) < 4.78 is 2.21. The number of amides is 1. The zero-order chi connectivity index (χ0) is 18.0. The van der Waals surface area contributed by atoms with Crippen LogP contribution in [0.15, 0.2) is 53.3 Å². The number of nitro groups is 1. The number of aryl methyl sites for hydroxylation is 1. The van der Waals surface area contributed by atoms with Gasteiger partial charge in [-0.05, 0) is 41.1 Å². The summed E-state index contributed by atoms with van der Waals surface area (Å²) in [5, 5.41) is 17.9. The first-order valence-corrected chi connectivity index (χ1v) is 7.97. The molecular weight excluding hydrogens is 390 g/mol. The number of nitrogens with one attached hydrogen (secondary N) is 1. The van der Waals surface area contributed by atoms with Crippen LogP contribution in [-0.2, 0) is 0 Å². The summed E-state index contributed by atoms with van der Waals surface area (Å²) in [6.07, 6.45) is 3.04. The van der Waals surface area contributed by atoms with Gasteiger partial charge in [0.1, 0.15) is 5.82 Å². The first-order valence-electron chi connectivity index (χ1n) is 7.17. The third-order valence-electron chi connectivity index (χ3n) is 3.35. The molecule has 0 aliphatic heterocycles. The maximum atomic E-state index is 12.4. The minimum absolute atomic E-state index is 0.0153. The lowest BCUT2D eigenvalue weighted by Gasteiger charge is -2.09. The van der Waals surface area contributed by atoms with E-state index in [4.69, 9.17) is 0 Å². The molecule has 0 fully saturated rings. The van der Waals surface area contributed by atoms with E-state index in [9.17, 15) is 14.9 Å². The van der Waals surface area contributed by atoms with Crippen molar-refractivity contribution in [3.05, 3.63) is 74.6 Å². The number of anilines is 1. The summed E-state index contributed by atoms with van der Waals surface area (Å²) >= 11 is 3.27. The number of nitrogens with zero attached hydrogens (tertiary/aromatic N) is 4. The second-order valence-corrected chi connectivity index (χ2v) is 6.12. The number of benzene rings is 1. The van der Waals surface area contributed by atoms with E-state index in [1.165, 1.54) is 23.0 Å². The van der Waals surface area contributed by atoms with Crippen LogP contribution in [0.2, 0.25) is 0 Å². The van der Waals surface area contributed by atoms with E-state index in [2.05, 4.69) is 31.3 Å². The van der Waals surface area contributed by atoms with Crippen molar-refractivity contribution in [2.45, 2.75) is 6.92 Å². The minimum atomic E-state index is -0.471. The van der Waals surface area contributed by atoms with Crippen LogP contribution >= 0.6 is 15.9 Å².